The quantitative estimate of drug-likeness (QED) is 0.204. The molecule has 0 aliphatic heterocycles. The van der Waals surface area contributed by atoms with Crippen LogP contribution in [0.25, 0.3) is 0 Å². The molecule has 1 amide bonds. The van der Waals surface area contributed by atoms with E-state index < -0.39 is 18.1 Å². The van der Waals surface area contributed by atoms with E-state index >= 15 is 0 Å². The molecule has 0 aromatic rings. The van der Waals surface area contributed by atoms with Crippen LogP contribution in [0.3, 0.4) is 0 Å². The van der Waals surface area contributed by atoms with Crippen molar-refractivity contribution >= 4 is 18.1 Å². The van der Waals surface area contributed by atoms with Crippen molar-refractivity contribution in [2.75, 3.05) is 6.61 Å². The third-order valence-corrected chi connectivity index (χ3v) is 3.34. The molecule has 0 radical (unpaired) electrons. The van der Waals surface area contributed by atoms with Crippen LogP contribution in [0, 0.1) is 0 Å². The highest BCUT2D eigenvalue weighted by molar-refractivity contribution is 5.88. The van der Waals surface area contributed by atoms with Crippen LogP contribution < -0.4 is 5.48 Å². The Balaban J connectivity index is 4.33. The smallest absolute Gasteiger partial charge is 0.440 e. The molecule has 0 saturated carbocycles. The molecule has 0 spiro atoms. The average molecular weight is 340 g/mol. The van der Waals surface area contributed by atoms with Gasteiger partial charge in [-0.2, -0.15) is 4.99 Å². The number of ether oxygens (including phenoxy) is 1. The van der Waals surface area contributed by atoms with Crippen molar-refractivity contribution in [2.24, 2.45) is 4.99 Å². The van der Waals surface area contributed by atoms with Gasteiger partial charge >= 0.3 is 12.1 Å². The number of hydrogen-bond acceptors (Lipinski definition) is 6. The zero-order valence-corrected chi connectivity index (χ0v) is 14.8. The van der Waals surface area contributed by atoms with Crippen LogP contribution in [0.1, 0.15) is 65.7 Å². The Hall–Kier alpha value is -2.14. The van der Waals surface area contributed by atoms with Crippen LogP contribution >= 0.6 is 0 Å². The SMILES string of the molecule is CCCCCCCCC(C=C(C)C(=O)ONC(=O)OCC)N=C=O. The second-order valence-electron chi connectivity index (χ2n) is 5.41. The third-order valence-electron chi connectivity index (χ3n) is 3.34. The number of nitrogens with one attached hydrogen (secondary N) is 1. The summed E-state index contributed by atoms with van der Waals surface area (Å²) in [5.74, 6) is -0.725. The fraction of sp³-hybridized carbons (Fsp3) is 0.706. The van der Waals surface area contributed by atoms with E-state index in [-0.39, 0.29) is 12.2 Å². The molecule has 7 nitrogen and oxygen atoms in total. The summed E-state index contributed by atoms with van der Waals surface area (Å²) in [6, 6.07) is -0.413. The normalized spacial score (nSPS) is 12.0. The second kappa shape index (κ2) is 14.5. The summed E-state index contributed by atoms with van der Waals surface area (Å²) in [4.78, 5) is 41.6. The van der Waals surface area contributed by atoms with E-state index in [9.17, 15) is 14.4 Å². The summed E-state index contributed by atoms with van der Waals surface area (Å²) in [5.41, 5.74) is 2.13. The van der Waals surface area contributed by atoms with Crippen LogP contribution in [-0.4, -0.2) is 30.8 Å². The van der Waals surface area contributed by atoms with Gasteiger partial charge in [0.1, 0.15) is 0 Å². The van der Waals surface area contributed by atoms with Crippen molar-refractivity contribution in [3.8, 4) is 0 Å². The van der Waals surface area contributed by atoms with Gasteiger partial charge in [0.15, 0.2) is 0 Å². The molecule has 0 aliphatic rings. The molecular weight excluding hydrogens is 312 g/mol. The number of nitrogens with zero attached hydrogens (tertiary/aromatic N) is 1. The van der Waals surface area contributed by atoms with Gasteiger partial charge in [-0.05, 0) is 26.3 Å². The molecule has 0 bridgehead atoms. The van der Waals surface area contributed by atoms with Gasteiger partial charge in [-0.25, -0.2) is 14.4 Å². The maximum absolute atomic E-state index is 11.7. The van der Waals surface area contributed by atoms with Gasteiger partial charge in [0.25, 0.3) is 0 Å². The molecule has 1 unspecified atom stereocenters. The van der Waals surface area contributed by atoms with Crippen LogP contribution in [0.15, 0.2) is 16.6 Å². The molecule has 0 aliphatic carbocycles. The first-order valence-electron chi connectivity index (χ1n) is 8.44. The number of hydroxylamine groups is 1. The lowest BCUT2D eigenvalue weighted by molar-refractivity contribution is -0.144. The van der Waals surface area contributed by atoms with Gasteiger partial charge in [0, 0.05) is 5.57 Å². The number of carbonyl (C=O) groups is 2. The van der Waals surface area contributed by atoms with Gasteiger partial charge in [-0.15, -0.1) is 5.48 Å². The number of carbonyl (C=O) groups excluding carboxylic acids is 3. The van der Waals surface area contributed by atoms with Crippen LogP contribution in [0.4, 0.5) is 4.79 Å². The van der Waals surface area contributed by atoms with E-state index in [2.05, 4.69) is 21.5 Å². The highest BCUT2D eigenvalue weighted by atomic mass is 16.7. The number of isocyanates is 1. The topological polar surface area (TPSA) is 94.1 Å². The number of aliphatic imine (C=N–C) groups is 1. The number of rotatable bonds is 11. The Morgan fingerprint density at radius 3 is 2.46 bits per heavy atom. The first kappa shape index (κ1) is 21.9. The van der Waals surface area contributed by atoms with Crippen LogP contribution in [0.2, 0.25) is 0 Å². The average Bonchev–Trinajstić information content (AvgIpc) is 2.56. The van der Waals surface area contributed by atoms with Gasteiger partial charge in [-0.1, -0.05) is 45.4 Å². The predicted octanol–water partition coefficient (Wildman–Crippen LogP) is 3.59. The van der Waals surface area contributed by atoms with Crippen molar-refractivity contribution in [1.82, 2.24) is 5.48 Å². The molecule has 0 rings (SSSR count). The largest absolute Gasteiger partial charge is 0.448 e. The van der Waals surface area contributed by atoms with E-state index in [1.54, 1.807) is 13.0 Å². The van der Waals surface area contributed by atoms with Crippen molar-refractivity contribution in [3.63, 3.8) is 0 Å². The lowest BCUT2D eigenvalue weighted by atomic mass is 10.0. The minimum absolute atomic E-state index is 0.173. The monoisotopic (exact) mass is 340 g/mol. The molecule has 136 valence electrons. The zero-order chi connectivity index (χ0) is 18.2. The number of amides is 1. The number of unbranched alkanes of at least 4 members (excludes halogenated alkanes) is 5. The summed E-state index contributed by atoms with van der Waals surface area (Å²) in [5, 5.41) is 0. The standard InChI is InChI=1S/C17H28N2O5/c1-4-6-7-8-9-10-11-15(18-13-20)12-14(3)16(21)24-19-17(22)23-5-2/h12,15H,4-11H2,1-3H3,(H,19,22). The lowest BCUT2D eigenvalue weighted by Crippen LogP contribution is -2.28. The highest BCUT2D eigenvalue weighted by Gasteiger charge is 2.12. The molecule has 0 aromatic heterocycles. The minimum atomic E-state index is -0.840. The summed E-state index contributed by atoms with van der Waals surface area (Å²) in [6.07, 6.45) is 9.67. The summed E-state index contributed by atoms with van der Waals surface area (Å²) < 4.78 is 4.57. The molecule has 0 heterocycles. The Kier molecular flexibility index (Phi) is 13.2. The molecule has 1 atom stereocenters. The van der Waals surface area contributed by atoms with Crippen LogP contribution in [0.5, 0.6) is 0 Å². The highest BCUT2D eigenvalue weighted by Crippen LogP contribution is 2.12. The van der Waals surface area contributed by atoms with E-state index in [1.807, 2.05) is 5.48 Å². The van der Waals surface area contributed by atoms with Gasteiger partial charge < -0.3 is 9.57 Å². The van der Waals surface area contributed by atoms with E-state index in [0.29, 0.717) is 6.42 Å². The van der Waals surface area contributed by atoms with Gasteiger partial charge in [-0.3, -0.25) is 0 Å². The fourth-order valence-electron chi connectivity index (χ4n) is 2.07. The fourth-order valence-corrected chi connectivity index (χ4v) is 2.07. The summed E-state index contributed by atoms with van der Waals surface area (Å²) in [6.45, 7) is 5.51. The second-order valence-corrected chi connectivity index (χ2v) is 5.41. The molecule has 0 saturated heterocycles. The minimum Gasteiger partial charge on any atom is -0.448 e. The van der Waals surface area contributed by atoms with Gasteiger partial charge in [0.05, 0.1) is 12.6 Å². The molecule has 1 N–H and O–H groups in total. The van der Waals surface area contributed by atoms with E-state index in [0.717, 1.165) is 19.3 Å². The molecular formula is C17H28N2O5. The third kappa shape index (κ3) is 11.4. The number of hydrogen-bond donors (Lipinski definition) is 1. The first-order chi connectivity index (χ1) is 11.5. The lowest BCUT2D eigenvalue weighted by Gasteiger charge is -2.09. The van der Waals surface area contributed by atoms with Crippen molar-refractivity contribution < 1.29 is 24.0 Å². The first-order valence-corrected chi connectivity index (χ1v) is 8.44. The van der Waals surface area contributed by atoms with E-state index in [1.165, 1.54) is 32.3 Å². The van der Waals surface area contributed by atoms with Gasteiger partial charge in [0.2, 0.25) is 6.08 Å². The maximum atomic E-state index is 11.7. The Labute approximate surface area is 143 Å². The predicted molar refractivity (Wildman–Crippen MR) is 89.9 cm³/mol. The maximum Gasteiger partial charge on any atom is 0.440 e. The Bertz CT molecular complexity index is 456. The van der Waals surface area contributed by atoms with E-state index in [4.69, 9.17) is 0 Å². The summed E-state index contributed by atoms with van der Waals surface area (Å²) >= 11 is 0. The molecule has 7 heteroatoms. The Morgan fingerprint density at radius 2 is 1.83 bits per heavy atom. The summed E-state index contributed by atoms with van der Waals surface area (Å²) in [7, 11) is 0. The van der Waals surface area contributed by atoms with Crippen molar-refractivity contribution in [3.05, 3.63) is 11.6 Å². The molecule has 24 heavy (non-hydrogen) atoms. The van der Waals surface area contributed by atoms with Crippen molar-refractivity contribution in [1.29, 1.82) is 0 Å². The molecule has 0 aromatic carbocycles. The zero-order valence-electron chi connectivity index (χ0n) is 14.8. The molecule has 0 fully saturated rings. The van der Waals surface area contributed by atoms with Crippen molar-refractivity contribution in [2.45, 2.75) is 71.8 Å². The Morgan fingerprint density at radius 1 is 1.17 bits per heavy atom. The van der Waals surface area contributed by atoms with Crippen LogP contribution in [-0.2, 0) is 19.2 Å².